The number of hydrogen-bond acceptors (Lipinski definition) is 5. The van der Waals surface area contributed by atoms with Crippen LogP contribution in [-0.2, 0) is 13.1 Å². The second-order valence-corrected chi connectivity index (χ2v) is 8.41. The molecule has 7 nitrogen and oxygen atoms in total. The molecule has 3 aromatic heterocycles. The number of imidazole rings is 1. The molecule has 4 aromatic rings. The van der Waals surface area contributed by atoms with Crippen LogP contribution < -0.4 is 5.32 Å². The molecule has 1 unspecified atom stereocenters. The highest BCUT2D eigenvalue weighted by Crippen LogP contribution is 2.22. The van der Waals surface area contributed by atoms with Gasteiger partial charge in [0.2, 0.25) is 0 Å². The number of nitrogens with one attached hydrogen (secondary N) is 1. The molecule has 1 amide bonds. The van der Waals surface area contributed by atoms with Crippen LogP contribution in [0.15, 0.2) is 60.4 Å². The van der Waals surface area contributed by atoms with Crippen molar-refractivity contribution in [2.24, 2.45) is 0 Å². The summed E-state index contributed by atoms with van der Waals surface area (Å²) in [6.45, 7) is 2.90. The molecule has 0 saturated carbocycles. The molecule has 1 atom stereocenters. The predicted molar refractivity (Wildman–Crippen MR) is 116 cm³/mol. The van der Waals surface area contributed by atoms with Gasteiger partial charge in [-0.1, -0.05) is 30.3 Å². The largest absolute Gasteiger partial charge is 0.337 e. The number of aromatic nitrogens is 4. The quantitative estimate of drug-likeness (QED) is 0.498. The number of likely N-dealkylation sites (tertiary alicyclic amines) is 1. The van der Waals surface area contributed by atoms with Crippen molar-refractivity contribution in [1.29, 1.82) is 0 Å². The van der Waals surface area contributed by atoms with E-state index >= 15 is 0 Å². The minimum absolute atomic E-state index is 0.0449. The molecule has 1 fully saturated rings. The molecule has 0 spiro atoms. The van der Waals surface area contributed by atoms with Crippen molar-refractivity contribution in [2.75, 3.05) is 13.1 Å². The van der Waals surface area contributed by atoms with Gasteiger partial charge in [0, 0.05) is 43.6 Å². The summed E-state index contributed by atoms with van der Waals surface area (Å²) in [5.74, 6) is 0.0449. The molecule has 30 heavy (non-hydrogen) atoms. The summed E-state index contributed by atoms with van der Waals surface area (Å²) in [6, 6.07) is 12.3. The number of fused-ring (bicyclic) bond motifs is 1. The van der Waals surface area contributed by atoms with Crippen LogP contribution in [0.25, 0.3) is 4.96 Å². The Bertz CT molecular complexity index is 1110. The summed E-state index contributed by atoms with van der Waals surface area (Å²) in [5.41, 5.74) is 2.68. The van der Waals surface area contributed by atoms with Crippen molar-refractivity contribution in [3.8, 4) is 0 Å². The fourth-order valence-electron chi connectivity index (χ4n) is 4.03. The lowest BCUT2D eigenvalue weighted by Gasteiger charge is -2.20. The van der Waals surface area contributed by atoms with Gasteiger partial charge in [-0.05, 0) is 24.5 Å². The summed E-state index contributed by atoms with van der Waals surface area (Å²) in [7, 11) is 0. The first kappa shape index (κ1) is 19.0. The number of carbonyl (C=O) groups is 1. The average Bonchev–Trinajstić information content (AvgIpc) is 3.57. The lowest BCUT2D eigenvalue weighted by Crippen LogP contribution is -2.31. The standard InChI is InChI=1S/C22H24N6OS/c29-21(26-10-4-5-11-26)20-19(28-13-14-30-22(28)25-20)15-23-18(16-27-12-6-9-24-27)17-7-2-1-3-8-17/h1-3,6-9,12-14,18,23H,4-5,10-11,15-16H2. The molecule has 154 valence electrons. The molecule has 8 heteroatoms. The van der Waals surface area contributed by atoms with Gasteiger partial charge in [0.15, 0.2) is 10.7 Å². The van der Waals surface area contributed by atoms with Crippen molar-refractivity contribution in [3.05, 3.63) is 77.3 Å². The van der Waals surface area contributed by atoms with Crippen LogP contribution in [0.1, 0.15) is 40.6 Å². The average molecular weight is 421 g/mol. The molecule has 1 aliphatic rings. The fraction of sp³-hybridized carbons (Fsp3) is 0.318. The summed E-state index contributed by atoms with van der Waals surface area (Å²) in [6.07, 6.45) is 7.90. The molecule has 1 aromatic carbocycles. The van der Waals surface area contributed by atoms with Crippen LogP contribution in [0.3, 0.4) is 0 Å². The second kappa shape index (κ2) is 8.41. The smallest absolute Gasteiger partial charge is 0.274 e. The Labute approximate surface area is 179 Å². The Hall–Kier alpha value is -2.97. The van der Waals surface area contributed by atoms with Gasteiger partial charge in [0.05, 0.1) is 18.3 Å². The first-order valence-electron chi connectivity index (χ1n) is 10.3. The third kappa shape index (κ3) is 3.76. The summed E-state index contributed by atoms with van der Waals surface area (Å²) in [4.78, 5) is 20.6. The third-order valence-corrected chi connectivity index (χ3v) is 6.36. The molecule has 1 saturated heterocycles. The zero-order valence-corrected chi connectivity index (χ0v) is 17.5. The fourth-order valence-corrected chi connectivity index (χ4v) is 4.76. The lowest BCUT2D eigenvalue weighted by molar-refractivity contribution is 0.0786. The number of thiazole rings is 1. The molecular weight excluding hydrogens is 396 g/mol. The molecular formula is C22H24N6OS. The normalized spacial score (nSPS) is 15.1. The van der Waals surface area contributed by atoms with Gasteiger partial charge in [-0.25, -0.2) is 4.98 Å². The van der Waals surface area contributed by atoms with E-state index in [0.717, 1.165) is 36.6 Å². The topological polar surface area (TPSA) is 67.5 Å². The number of carbonyl (C=O) groups excluding carboxylic acids is 1. The summed E-state index contributed by atoms with van der Waals surface area (Å²) in [5, 5.41) is 10.0. The highest BCUT2D eigenvalue weighted by atomic mass is 32.1. The molecule has 4 heterocycles. The monoisotopic (exact) mass is 420 g/mol. The number of benzene rings is 1. The highest BCUT2D eigenvalue weighted by Gasteiger charge is 2.26. The van der Waals surface area contributed by atoms with Gasteiger partial charge >= 0.3 is 0 Å². The van der Waals surface area contributed by atoms with Crippen LogP contribution >= 0.6 is 11.3 Å². The lowest BCUT2D eigenvalue weighted by atomic mass is 10.1. The van der Waals surface area contributed by atoms with Crippen LogP contribution in [0, 0.1) is 0 Å². The zero-order valence-electron chi connectivity index (χ0n) is 16.6. The van der Waals surface area contributed by atoms with Gasteiger partial charge in [-0.2, -0.15) is 5.10 Å². The van der Waals surface area contributed by atoms with Gasteiger partial charge in [-0.3, -0.25) is 13.9 Å². The second-order valence-electron chi connectivity index (χ2n) is 7.53. The van der Waals surface area contributed by atoms with Gasteiger partial charge in [0.25, 0.3) is 5.91 Å². The third-order valence-electron chi connectivity index (χ3n) is 5.60. The van der Waals surface area contributed by atoms with E-state index in [1.807, 2.05) is 56.0 Å². The van der Waals surface area contributed by atoms with Crippen molar-refractivity contribution in [2.45, 2.75) is 32.0 Å². The summed E-state index contributed by atoms with van der Waals surface area (Å²) < 4.78 is 3.97. The van der Waals surface area contributed by atoms with E-state index in [0.29, 0.717) is 18.8 Å². The Kier molecular flexibility index (Phi) is 5.33. The Balaban J connectivity index is 1.42. The first-order valence-corrected chi connectivity index (χ1v) is 11.2. The van der Waals surface area contributed by atoms with E-state index < -0.39 is 0 Å². The zero-order chi connectivity index (χ0) is 20.3. The van der Waals surface area contributed by atoms with E-state index in [1.165, 1.54) is 5.56 Å². The number of hydrogen-bond donors (Lipinski definition) is 1. The predicted octanol–water partition coefficient (Wildman–Crippen LogP) is 3.36. The van der Waals surface area contributed by atoms with Crippen LogP contribution in [-0.4, -0.2) is 43.1 Å². The van der Waals surface area contributed by atoms with Crippen LogP contribution in [0.2, 0.25) is 0 Å². The van der Waals surface area contributed by atoms with Crippen molar-refractivity contribution in [1.82, 2.24) is 29.4 Å². The van der Waals surface area contributed by atoms with E-state index in [4.69, 9.17) is 0 Å². The van der Waals surface area contributed by atoms with E-state index in [1.54, 1.807) is 17.5 Å². The van der Waals surface area contributed by atoms with Crippen molar-refractivity contribution < 1.29 is 4.79 Å². The van der Waals surface area contributed by atoms with Crippen LogP contribution in [0.5, 0.6) is 0 Å². The number of rotatable bonds is 7. The molecule has 0 radical (unpaired) electrons. The van der Waals surface area contributed by atoms with Gasteiger partial charge in [0.1, 0.15) is 0 Å². The van der Waals surface area contributed by atoms with Crippen molar-refractivity contribution in [3.63, 3.8) is 0 Å². The maximum atomic E-state index is 13.1. The SMILES string of the molecule is O=C(c1nc2sccn2c1CNC(Cn1cccn1)c1ccccc1)N1CCCC1. The molecule has 1 aliphatic heterocycles. The highest BCUT2D eigenvalue weighted by molar-refractivity contribution is 7.15. The molecule has 0 bridgehead atoms. The van der Waals surface area contributed by atoms with E-state index in [9.17, 15) is 4.79 Å². The summed E-state index contributed by atoms with van der Waals surface area (Å²) >= 11 is 1.56. The number of amides is 1. The number of nitrogens with zero attached hydrogens (tertiary/aromatic N) is 5. The Morgan fingerprint density at radius 3 is 2.73 bits per heavy atom. The maximum absolute atomic E-state index is 13.1. The van der Waals surface area contributed by atoms with Crippen LogP contribution in [0.4, 0.5) is 0 Å². The Morgan fingerprint density at radius 2 is 1.97 bits per heavy atom. The maximum Gasteiger partial charge on any atom is 0.274 e. The van der Waals surface area contributed by atoms with Gasteiger partial charge in [-0.15, -0.1) is 11.3 Å². The minimum atomic E-state index is 0.0449. The van der Waals surface area contributed by atoms with Crippen molar-refractivity contribution >= 4 is 22.2 Å². The molecule has 5 rings (SSSR count). The first-order chi connectivity index (χ1) is 14.8. The Morgan fingerprint density at radius 1 is 1.13 bits per heavy atom. The minimum Gasteiger partial charge on any atom is -0.337 e. The van der Waals surface area contributed by atoms with Gasteiger partial charge < -0.3 is 10.2 Å². The molecule has 0 aliphatic carbocycles. The van der Waals surface area contributed by atoms with E-state index in [2.05, 4.69) is 27.5 Å². The van der Waals surface area contributed by atoms with E-state index in [-0.39, 0.29) is 11.9 Å². The molecule has 1 N–H and O–H groups in total.